The van der Waals surface area contributed by atoms with Crippen molar-refractivity contribution in [2.45, 2.75) is 62.4 Å². The van der Waals surface area contributed by atoms with Gasteiger partial charge in [-0.3, -0.25) is 4.79 Å². The molecule has 36 heavy (non-hydrogen) atoms. The van der Waals surface area contributed by atoms with E-state index in [0.717, 1.165) is 22.0 Å². The number of carbonyl (C=O) groups excluding carboxylic acids is 1. The minimum Gasteiger partial charge on any atom is -0.396 e. The Hall–Kier alpha value is -2.75. The Bertz CT molecular complexity index is 1310. The van der Waals surface area contributed by atoms with E-state index in [4.69, 9.17) is 0 Å². The molecule has 3 aromatic rings. The minimum absolute atomic E-state index is 0.0573. The molecule has 1 aliphatic rings. The number of carbonyl (C=O) groups is 1. The molecule has 1 aromatic heterocycles. The maximum Gasteiger partial charge on any atom is 0.240 e. The third kappa shape index (κ3) is 5.96. The number of benzene rings is 2. The molecule has 1 heterocycles. The van der Waals surface area contributed by atoms with E-state index in [0.29, 0.717) is 38.5 Å². The molecule has 0 saturated heterocycles. The van der Waals surface area contributed by atoms with E-state index < -0.39 is 10.0 Å². The van der Waals surface area contributed by atoms with Gasteiger partial charge >= 0.3 is 0 Å². The molecule has 194 valence electrons. The Balaban J connectivity index is 1.36. The van der Waals surface area contributed by atoms with Crippen molar-refractivity contribution in [3.8, 4) is 0 Å². The minimum atomic E-state index is -3.72. The molecule has 1 saturated carbocycles. The molecule has 1 fully saturated rings. The van der Waals surface area contributed by atoms with Crippen LogP contribution < -0.4 is 10.0 Å². The van der Waals surface area contributed by atoms with Gasteiger partial charge in [-0.05, 0) is 86.9 Å². The molecule has 4 rings (SSSR count). The van der Waals surface area contributed by atoms with Crippen LogP contribution in [0.15, 0.2) is 53.6 Å². The molecule has 7 nitrogen and oxygen atoms in total. The summed E-state index contributed by atoms with van der Waals surface area (Å²) >= 11 is 0. The zero-order valence-electron chi connectivity index (χ0n) is 20.7. The number of rotatable bonds is 9. The Kier molecular flexibility index (Phi) is 8.12. The van der Waals surface area contributed by atoms with Crippen LogP contribution in [0, 0.1) is 11.7 Å². The number of aromatic nitrogens is 1. The number of halogens is 1. The topological polar surface area (TPSA) is 100 Å². The molecule has 0 unspecified atom stereocenters. The van der Waals surface area contributed by atoms with Crippen molar-refractivity contribution in [3.05, 3.63) is 65.6 Å². The van der Waals surface area contributed by atoms with Gasteiger partial charge in [0.1, 0.15) is 5.82 Å². The van der Waals surface area contributed by atoms with Gasteiger partial charge < -0.3 is 15.0 Å². The monoisotopic (exact) mass is 515 g/mol. The second-order valence-corrected chi connectivity index (χ2v) is 11.4. The summed E-state index contributed by atoms with van der Waals surface area (Å²) < 4.78 is 44.3. The van der Waals surface area contributed by atoms with Crippen LogP contribution in [0.3, 0.4) is 0 Å². The van der Waals surface area contributed by atoms with E-state index in [1.54, 1.807) is 24.3 Å². The van der Waals surface area contributed by atoms with Gasteiger partial charge in [0.15, 0.2) is 0 Å². The molecular weight excluding hydrogens is 481 g/mol. The second-order valence-electron chi connectivity index (χ2n) is 9.72. The van der Waals surface area contributed by atoms with Crippen molar-refractivity contribution in [1.82, 2.24) is 14.6 Å². The van der Waals surface area contributed by atoms with E-state index in [9.17, 15) is 22.7 Å². The molecule has 0 spiro atoms. The predicted molar refractivity (Wildman–Crippen MR) is 137 cm³/mol. The first kappa shape index (κ1) is 26.3. The van der Waals surface area contributed by atoms with Crippen LogP contribution in [0.5, 0.6) is 0 Å². The standard InChI is InChI=1S/C27H34FN3O4S/c1-18(19-5-9-22(28)10-6-19)29-27(33)20-7-11-23(12-8-20)30-36(34,35)24-13-14-26-25(16-24)21(4-3-15-32)17-31(26)2/h5-6,9-10,13-14,16-18,20,23,30,32H,3-4,7-8,11-12,15H2,1-2H3,(H,29,33)/t18-,20?,23?/m1/s1. The van der Waals surface area contributed by atoms with Gasteiger partial charge in [0.05, 0.1) is 10.9 Å². The average molecular weight is 516 g/mol. The van der Waals surface area contributed by atoms with Gasteiger partial charge in [-0.1, -0.05) is 12.1 Å². The number of hydrogen-bond acceptors (Lipinski definition) is 4. The lowest BCUT2D eigenvalue weighted by molar-refractivity contribution is -0.126. The first-order valence-corrected chi connectivity index (χ1v) is 13.9. The second kappa shape index (κ2) is 11.1. The first-order valence-electron chi connectivity index (χ1n) is 12.4. The maximum absolute atomic E-state index is 13.2. The zero-order chi connectivity index (χ0) is 25.9. The third-order valence-electron chi connectivity index (χ3n) is 7.11. The summed E-state index contributed by atoms with van der Waals surface area (Å²) in [5.41, 5.74) is 2.80. The highest BCUT2D eigenvalue weighted by atomic mass is 32.2. The highest BCUT2D eigenvalue weighted by Crippen LogP contribution is 2.29. The number of aryl methyl sites for hydroxylation is 2. The number of aliphatic hydroxyl groups excluding tert-OH is 1. The lowest BCUT2D eigenvalue weighted by Gasteiger charge is -2.29. The number of aliphatic hydroxyl groups is 1. The van der Waals surface area contributed by atoms with Crippen molar-refractivity contribution in [2.24, 2.45) is 13.0 Å². The highest BCUT2D eigenvalue weighted by Gasteiger charge is 2.30. The number of fused-ring (bicyclic) bond motifs is 1. The molecule has 0 radical (unpaired) electrons. The van der Waals surface area contributed by atoms with E-state index in [1.165, 1.54) is 12.1 Å². The highest BCUT2D eigenvalue weighted by molar-refractivity contribution is 7.89. The van der Waals surface area contributed by atoms with Crippen molar-refractivity contribution in [1.29, 1.82) is 0 Å². The van der Waals surface area contributed by atoms with Crippen LogP contribution in [-0.2, 0) is 28.3 Å². The number of hydrogen-bond donors (Lipinski definition) is 3. The van der Waals surface area contributed by atoms with Crippen molar-refractivity contribution < 1.29 is 22.7 Å². The van der Waals surface area contributed by atoms with E-state index >= 15 is 0 Å². The molecule has 1 aliphatic carbocycles. The Morgan fingerprint density at radius 2 is 1.83 bits per heavy atom. The largest absolute Gasteiger partial charge is 0.396 e. The number of nitrogens with one attached hydrogen (secondary N) is 2. The third-order valence-corrected chi connectivity index (χ3v) is 8.62. The normalized spacial score (nSPS) is 19.3. The number of amides is 1. The molecule has 0 bridgehead atoms. The maximum atomic E-state index is 13.2. The Morgan fingerprint density at radius 1 is 1.14 bits per heavy atom. The average Bonchev–Trinajstić information content (AvgIpc) is 3.18. The fraction of sp³-hybridized carbons (Fsp3) is 0.444. The fourth-order valence-electron chi connectivity index (χ4n) is 5.02. The van der Waals surface area contributed by atoms with Crippen LogP contribution in [0.25, 0.3) is 10.9 Å². The zero-order valence-corrected chi connectivity index (χ0v) is 21.5. The lowest BCUT2D eigenvalue weighted by atomic mass is 9.85. The van der Waals surface area contributed by atoms with Crippen LogP contribution >= 0.6 is 0 Å². The summed E-state index contributed by atoms with van der Waals surface area (Å²) in [5, 5.41) is 13.1. The summed E-state index contributed by atoms with van der Waals surface area (Å²) in [6.07, 6.45) is 5.63. The van der Waals surface area contributed by atoms with E-state index in [2.05, 4.69) is 10.0 Å². The number of sulfonamides is 1. The first-order chi connectivity index (χ1) is 17.2. The molecule has 1 amide bonds. The quantitative estimate of drug-likeness (QED) is 0.402. The summed E-state index contributed by atoms with van der Waals surface area (Å²) in [7, 11) is -1.79. The van der Waals surface area contributed by atoms with Crippen LogP contribution in [0.2, 0.25) is 0 Å². The van der Waals surface area contributed by atoms with E-state index in [-0.39, 0.29) is 41.2 Å². The molecular formula is C27H34FN3O4S. The summed E-state index contributed by atoms with van der Waals surface area (Å²) in [4.78, 5) is 13.0. The predicted octanol–water partition coefficient (Wildman–Crippen LogP) is 3.96. The van der Waals surface area contributed by atoms with Gasteiger partial charge in [0.25, 0.3) is 0 Å². The Labute approximate surface area is 211 Å². The van der Waals surface area contributed by atoms with Crippen LogP contribution in [0.4, 0.5) is 4.39 Å². The van der Waals surface area contributed by atoms with Gasteiger partial charge in [-0.15, -0.1) is 0 Å². The molecule has 0 aliphatic heterocycles. The molecule has 2 aromatic carbocycles. The number of nitrogens with zero attached hydrogens (tertiary/aromatic N) is 1. The van der Waals surface area contributed by atoms with Crippen molar-refractivity contribution >= 4 is 26.8 Å². The van der Waals surface area contributed by atoms with Gasteiger partial charge in [-0.25, -0.2) is 17.5 Å². The molecule has 3 N–H and O–H groups in total. The smallest absolute Gasteiger partial charge is 0.240 e. The van der Waals surface area contributed by atoms with E-state index in [1.807, 2.05) is 30.8 Å². The van der Waals surface area contributed by atoms with Crippen molar-refractivity contribution in [2.75, 3.05) is 6.61 Å². The lowest BCUT2D eigenvalue weighted by Crippen LogP contribution is -2.41. The summed E-state index contributed by atoms with van der Waals surface area (Å²) in [6.45, 7) is 1.95. The molecule has 1 atom stereocenters. The van der Waals surface area contributed by atoms with Gasteiger partial charge in [0.2, 0.25) is 15.9 Å². The summed E-state index contributed by atoms with van der Waals surface area (Å²) in [6, 6.07) is 10.8. The van der Waals surface area contributed by atoms with Crippen LogP contribution in [-0.4, -0.2) is 36.6 Å². The van der Waals surface area contributed by atoms with Gasteiger partial charge in [0, 0.05) is 42.7 Å². The molecule has 9 heteroatoms. The fourth-order valence-corrected chi connectivity index (χ4v) is 6.35. The summed E-state index contributed by atoms with van der Waals surface area (Å²) in [5.74, 6) is -0.551. The van der Waals surface area contributed by atoms with Crippen molar-refractivity contribution in [3.63, 3.8) is 0 Å². The van der Waals surface area contributed by atoms with Crippen LogP contribution in [0.1, 0.15) is 56.2 Å². The van der Waals surface area contributed by atoms with Gasteiger partial charge in [-0.2, -0.15) is 0 Å². The Morgan fingerprint density at radius 3 is 2.50 bits per heavy atom. The SMILES string of the molecule is C[C@@H](NC(=O)C1CCC(NS(=O)(=O)c2ccc3c(c2)c(CCCO)cn3C)CC1)c1ccc(F)cc1.